The Kier molecular flexibility index (Phi) is 3.52. The van der Waals surface area contributed by atoms with Crippen LogP contribution in [0.3, 0.4) is 0 Å². The van der Waals surface area contributed by atoms with Gasteiger partial charge >= 0.3 is 0 Å². The second-order valence-electron chi connectivity index (χ2n) is 4.91. The van der Waals surface area contributed by atoms with Gasteiger partial charge in [0.2, 0.25) is 5.91 Å². The van der Waals surface area contributed by atoms with Gasteiger partial charge in [0.15, 0.2) is 0 Å². The number of carbonyl (C=O) groups excluding carboxylic acids is 1. The largest absolute Gasteiger partial charge is 0.322 e. The van der Waals surface area contributed by atoms with E-state index >= 15 is 0 Å². The van der Waals surface area contributed by atoms with E-state index in [1.807, 2.05) is 31.3 Å². The topological polar surface area (TPSA) is 59.0 Å². The monoisotopic (exact) mass is 270 g/mol. The third-order valence-electron chi connectivity index (χ3n) is 3.60. The number of nitrogens with one attached hydrogen (secondary N) is 2. The molecule has 2 heterocycles. The molecular weight excluding hydrogens is 252 g/mol. The molecule has 1 atom stereocenters. The number of benzene rings is 1. The first-order chi connectivity index (χ1) is 9.78. The van der Waals surface area contributed by atoms with Crippen molar-refractivity contribution in [1.29, 1.82) is 0 Å². The minimum atomic E-state index is -0.287. The van der Waals surface area contributed by atoms with Gasteiger partial charge in [0.1, 0.15) is 6.04 Å². The molecule has 0 aliphatic carbocycles. The molecule has 1 aliphatic rings. The van der Waals surface area contributed by atoms with Crippen LogP contribution in [0.15, 0.2) is 36.7 Å². The smallest absolute Gasteiger partial charge is 0.246 e. The molecule has 5 nitrogen and oxygen atoms in total. The Balaban J connectivity index is 1.78. The molecule has 3 rings (SSSR count). The van der Waals surface area contributed by atoms with Crippen LogP contribution in [0.2, 0.25) is 0 Å². The van der Waals surface area contributed by atoms with E-state index in [2.05, 4.69) is 21.8 Å². The van der Waals surface area contributed by atoms with Gasteiger partial charge in [0, 0.05) is 19.3 Å². The van der Waals surface area contributed by atoms with E-state index in [0.717, 1.165) is 30.8 Å². The molecule has 0 saturated heterocycles. The average molecular weight is 270 g/mol. The zero-order valence-corrected chi connectivity index (χ0v) is 11.5. The number of carbonyl (C=O) groups is 1. The summed E-state index contributed by atoms with van der Waals surface area (Å²) in [5, 5.41) is 10.4. The van der Waals surface area contributed by atoms with Crippen molar-refractivity contribution in [2.24, 2.45) is 0 Å². The van der Waals surface area contributed by atoms with Crippen LogP contribution in [0.25, 0.3) is 0 Å². The first-order valence-corrected chi connectivity index (χ1v) is 6.92. The van der Waals surface area contributed by atoms with Gasteiger partial charge in [0.25, 0.3) is 0 Å². The number of aromatic nitrogens is 2. The Morgan fingerprint density at radius 3 is 3.15 bits per heavy atom. The minimum Gasteiger partial charge on any atom is -0.322 e. The third-order valence-corrected chi connectivity index (χ3v) is 3.60. The van der Waals surface area contributed by atoms with Crippen LogP contribution in [0, 0.1) is 0 Å². The number of nitrogens with zero attached hydrogens (tertiary/aromatic N) is 2. The molecule has 104 valence electrons. The van der Waals surface area contributed by atoms with Crippen molar-refractivity contribution >= 4 is 11.6 Å². The predicted octanol–water partition coefficient (Wildman–Crippen LogP) is 1.73. The SMILES string of the molecule is CCn1cc(NC(=O)C2NCCc3ccccc32)cn1. The maximum Gasteiger partial charge on any atom is 0.246 e. The van der Waals surface area contributed by atoms with Gasteiger partial charge in [-0.2, -0.15) is 5.10 Å². The lowest BCUT2D eigenvalue weighted by molar-refractivity contribution is -0.118. The van der Waals surface area contributed by atoms with Crippen molar-refractivity contribution in [2.45, 2.75) is 25.9 Å². The summed E-state index contributed by atoms with van der Waals surface area (Å²) in [6.45, 7) is 3.63. The first-order valence-electron chi connectivity index (χ1n) is 6.92. The van der Waals surface area contributed by atoms with Gasteiger partial charge in [0.05, 0.1) is 11.9 Å². The maximum absolute atomic E-state index is 12.4. The van der Waals surface area contributed by atoms with Crippen LogP contribution < -0.4 is 10.6 Å². The molecule has 0 bridgehead atoms. The fourth-order valence-electron chi connectivity index (χ4n) is 2.55. The molecule has 2 N–H and O–H groups in total. The molecule has 20 heavy (non-hydrogen) atoms. The van der Waals surface area contributed by atoms with Crippen molar-refractivity contribution in [1.82, 2.24) is 15.1 Å². The van der Waals surface area contributed by atoms with Crippen molar-refractivity contribution in [2.75, 3.05) is 11.9 Å². The minimum absolute atomic E-state index is 0.0344. The highest BCUT2D eigenvalue weighted by atomic mass is 16.2. The zero-order chi connectivity index (χ0) is 13.9. The second kappa shape index (κ2) is 5.46. The highest BCUT2D eigenvalue weighted by molar-refractivity contribution is 5.95. The molecule has 1 aromatic carbocycles. The molecule has 1 aliphatic heterocycles. The summed E-state index contributed by atoms with van der Waals surface area (Å²) in [5.41, 5.74) is 3.05. The second-order valence-corrected chi connectivity index (χ2v) is 4.91. The highest BCUT2D eigenvalue weighted by Crippen LogP contribution is 2.23. The van der Waals surface area contributed by atoms with Crippen LogP contribution >= 0.6 is 0 Å². The molecule has 0 fully saturated rings. The first kappa shape index (κ1) is 12.9. The Morgan fingerprint density at radius 1 is 1.50 bits per heavy atom. The van der Waals surface area contributed by atoms with Crippen LogP contribution in [-0.2, 0) is 17.8 Å². The molecular formula is C15H18N4O. The van der Waals surface area contributed by atoms with Crippen LogP contribution in [0.1, 0.15) is 24.1 Å². The summed E-state index contributed by atoms with van der Waals surface area (Å²) in [7, 11) is 0. The lowest BCUT2D eigenvalue weighted by Gasteiger charge is -2.25. The number of amides is 1. The fourth-order valence-corrected chi connectivity index (χ4v) is 2.55. The van der Waals surface area contributed by atoms with Crippen LogP contribution in [0.5, 0.6) is 0 Å². The van der Waals surface area contributed by atoms with Gasteiger partial charge in [-0.25, -0.2) is 0 Å². The van der Waals surface area contributed by atoms with E-state index in [-0.39, 0.29) is 11.9 Å². The Morgan fingerprint density at radius 2 is 2.35 bits per heavy atom. The Hall–Kier alpha value is -2.14. The van der Waals surface area contributed by atoms with Crippen LogP contribution in [-0.4, -0.2) is 22.2 Å². The molecule has 0 spiro atoms. The number of hydrogen-bond acceptors (Lipinski definition) is 3. The van der Waals surface area contributed by atoms with E-state index in [4.69, 9.17) is 0 Å². The fraction of sp³-hybridized carbons (Fsp3) is 0.333. The molecule has 1 aromatic heterocycles. The normalized spacial score (nSPS) is 17.6. The summed E-state index contributed by atoms with van der Waals surface area (Å²) < 4.78 is 1.79. The molecule has 1 amide bonds. The van der Waals surface area contributed by atoms with E-state index in [1.165, 1.54) is 5.56 Å². The lowest BCUT2D eigenvalue weighted by atomic mass is 9.94. The van der Waals surface area contributed by atoms with Gasteiger partial charge in [-0.05, 0) is 24.5 Å². The van der Waals surface area contributed by atoms with Crippen molar-refractivity contribution < 1.29 is 4.79 Å². The van der Waals surface area contributed by atoms with E-state index in [1.54, 1.807) is 10.9 Å². The number of aryl methyl sites for hydroxylation is 1. The van der Waals surface area contributed by atoms with E-state index < -0.39 is 0 Å². The summed E-state index contributed by atoms with van der Waals surface area (Å²) >= 11 is 0. The van der Waals surface area contributed by atoms with Gasteiger partial charge < -0.3 is 10.6 Å². The Labute approximate surface area is 118 Å². The van der Waals surface area contributed by atoms with Crippen molar-refractivity contribution in [3.8, 4) is 0 Å². The zero-order valence-electron chi connectivity index (χ0n) is 11.5. The summed E-state index contributed by atoms with van der Waals surface area (Å²) in [5.74, 6) is -0.0344. The number of anilines is 1. The van der Waals surface area contributed by atoms with Gasteiger partial charge in [-0.1, -0.05) is 24.3 Å². The highest BCUT2D eigenvalue weighted by Gasteiger charge is 2.25. The van der Waals surface area contributed by atoms with Crippen LogP contribution in [0.4, 0.5) is 5.69 Å². The molecule has 1 unspecified atom stereocenters. The lowest BCUT2D eigenvalue weighted by Crippen LogP contribution is -2.38. The van der Waals surface area contributed by atoms with Crippen molar-refractivity contribution in [3.63, 3.8) is 0 Å². The third kappa shape index (κ3) is 2.44. The number of fused-ring (bicyclic) bond motifs is 1. The molecule has 0 saturated carbocycles. The standard InChI is InChI=1S/C15H18N4O/c1-2-19-10-12(9-17-19)18-15(20)14-13-6-4-3-5-11(13)7-8-16-14/h3-6,9-10,14,16H,2,7-8H2,1H3,(H,18,20). The maximum atomic E-state index is 12.4. The molecule has 2 aromatic rings. The summed E-state index contributed by atoms with van der Waals surface area (Å²) in [6.07, 6.45) is 4.48. The summed E-state index contributed by atoms with van der Waals surface area (Å²) in [4.78, 5) is 12.4. The van der Waals surface area contributed by atoms with E-state index in [9.17, 15) is 4.79 Å². The number of rotatable bonds is 3. The molecule has 0 radical (unpaired) electrons. The van der Waals surface area contributed by atoms with Gasteiger partial charge in [-0.15, -0.1) is 0 Å². The van der Waals surface area contributed by atoms with E-state index in [0.29, 0.717) is 0 Å². The van der Waals surface area contributed by atoms with Crippen molar-refractivity contribution in [3.05, 3.63) is 47.8 Å². The molecule has 5 heteroatoms. The van der Waals surface area contributed by atoms with Gasteiger partial charge in [-0.3, -0.25) is 9.48 Å². The number of hydrogen-bond donors (Lipinski definition) is 2. The Bertz CT molecular complexity index is 620. The average Bonchev–Trinajstić information content (AvgIpc) is 2.94. The predicted molar refractivity (Wildman–Crippen MR) is 77.4 cm³/mol. The summed E-state index contributed by atoms with van der Waals surface area (Å²) in [6, 6.07) is 7.81. The quantitative estimate of drug-likeness (QED) is 0.893.